The van der Waals surface area contributed by atoms with Crippen molar-refractivity contribution < 1.29 is 0 Å². The van der Waals surface area contributed by atoms with Crippen LogP contribution in [0.15, 0.2) is 0 Å². The van der Waals surface area contributed by atoms with Gasteiger partial charge in [0.05, 0.1) is 0 Å². The van der Waals surface area contributed by atoms with Crippen molar-refractivity contribution in [3.8, 4) is 0 Å². The van der Waals surface area contributed by atoms with Gasteiger partial charge >= 0.3 is 0 Å². The van der Waals surface area contributed by atoms with Crippen molar-refractivity contribution in [3.05, 3.63) is 0 Å². The van der Waals surface area contributed by atoms with Crippen molar-refractivity contribution >= 4 is 0 Å². The first-order valence-electron chi connectivity index (χ1n) is 7.88. The Morgan fingerprint density at radius 2 is 1.83 bits per heavy atom. The van der Waals surface area contributed by atoms with E-state index in [4.69, 9.17) is 0 Å². The summed E-state index contributed by atoms with van der Waals surface area (Å²) >= 11 is 0. The van der Waals surface area contributed by atoms with E-state index in [0.717, 1.165) is 17.9 Å². The molecule has 1 rings (SSSR count). The standard InChI is InChI=1S/C16H34N2/c1-13(2)11-16(12-18(4)5)17-15-8-6-7-14(3)9-10-15/h13-17H,6-12H2,1-5H3. The highest BCUT2D eigenvalue weighted by Crippen LogP contribution is 2.23. The molecule has 0 amide bonds. The van der Waals surface area contributed by atoms with Crippen molar-refractivity contribution in [1.29, 1.82) is 0 Å². The van der Waals surface area contributed by atoms with Crippen LogP contribution in [-0.2, 0) is 0 Å². The summed E-state index contributed by atoms with van der Waals surface area (Å²) in [5, 5.41) is 3.94. The third-order valence-corrected chi connectivity index (χ3v) is 4.07. The lowest BCUT2D eigenvalue weighted by Gasteiger charge is -2.28. The van der Waals surface area contributed by atoms with Crippen LogP contribution >= 0.6 is 0 Å². The van der Waals surface area contributed by atoms with Crippen LogP contribution in [0.2, 0.25) is 0 Å². The highest BCUT2D eigenvalue weighted by atomic mass is 15.1. The fraction of sp³-hybridized carbons (Fsp3) is 1.00. The largest absolute Gasteiger partial charge is 0.310 e. The summed E-state index contributed by atoms with van der Waals surface area (Å²) in [4.78, 5) is 2.32. The van der Waals surface area contributed by atoms with Gasteiger partial charge in [-0.2, -0.15) is 0 Å². The van der Waals surface area contributed by atoms with E-state index in [-0.39, 0.29) is 0 Å². The molecule has 3 atom stereocenters. The first-order valence-corrected chi connectivity index (χ1v) is 7.88. The molecule has 2 heteroatoms. The second-order valence-corrected chi connectivity index (χ2v) is 7.07. The first-order chi connectivity index (χ1) is 8.47. The zero-order valence-corrected chi connectivity index (χ0v) is 13.2. The maximum Gasteiger partial charge on any atom is 0.0199 e. The summed E-state index contributed by atoms with van der Waals surface area (Å²) in [6.45, 7) is 8.25. The molecule has 1 saturated carbocycles. The monoisotopic (exact) mass is 254 g/mol. The number of hydrogen-bond acceptors (Lipinski definition) is 2. The average Bonchev–Trinajstić information content (AvgIpc) is 2.41. The molecule has 1 aliphatic rings. The smallest absolute Gasteiger partial charge is 0.0199 e. The van der Waals surface area contributed by atoms with Crippen LogP contribution in [0.4, 0.5) is 0 Å². The normalized spacial score (nSPS) is 27.5. The van der Waals surface area contributed by atoms with Crippen LogP contribution in [0.5, 0.6) is 0 Å². The topological polar surface area (TPSA) is 15.3 Å². The summed E-state index contributed by atoms with van der Waals surface area (Å²) in [5.74, 6) is 1.72. The molecule has 0 aromatic heterocycles. The van der Waals surface area contributed by atoms with E-state index >= 15 is 0 Å². The van der Waals surface area contributed by atoms with Crippen LogP contribution in [0.25, 0.3) is 0 Å². The second-order valence-electron chi connectivity index (χ2n) is 7.07. The molecule has 0 aromatic rings. The SMILES string of the molecule is CC(C)CC(CN(C)C)NC1CCCC(C)CC1. The van der Waals surface area contributed by atoms with E-state index < -0.39 is 0 Å². The quantitative estimate of drug-likeness (QED) is 0.730. The number of hydrogen-bond donors (Lipinski definition) is 1. The first kappa shape index (κ1) is 16.0. The van der Waals surface area contributed by atoms with Crippen molar-refractivity contribution in [2.45, 2.75) is 71.4 Å². The maximum absolute atomic E-state index is 3.94. The van der Waals surface area contributed by atoms with Crippen LogP contribution in [0.3, 0.4) is 0 Å². The molecule has 1 N–H and O–H groups in total. The third kappa shape index (κ3) is 6.75. The van der Waals surface area contributed by atoms with Crippen LogP contribution in [0.1, 0.15) is 59.3 Å². The number of nitrogens with zero attached hydrogens (tertiary/aromatic N) is 1. The lowest BCUT2D eigenvalue weighted by Crippen LogP contribution is -2.44. The summed E-state index contributed by atoms with van der Waals surface area (Å²) in [6, 6.07) is 1.43. The summed E-state index contributed by atoms with van der Waals surface area (Å²) in [6.07, 6.45) is 8.31. The lowest BCUT2D eigenvalue weighted by atomic mass is 10.00. The molecule has 0 saturated heterocycles. The van der Waals surface area contributed by atoms with Crippen molar-refractivity contribution in [1.82, 2.24) is 10.2 Å². The van der Waals surface area contributed by atoms with Gasteiger partial charge in [0.1, 0.15) is 0 Å². The maximum atomic E-state index is 3.94. The van der Waals surface area contributed by atoms with Gasteiger partial charge in [-0.3, -0.25) is 0 Å². The van der Waals surface area contributed by atoms with Gasteiger partial charge < -0.3 is 10.2 Å². The third-order valence-electron chi connectivity index (χ3n) is 4.07. The Hall–Kier alpha value is -0.0800. The number of rotatable bonds is 6. The van der Waals surface area contributed by atoms with E-state index in [0.29, 0.717) is 6.04 Å². The molecular formula is C16H34N2. The van der Waals surface area contributed by atoms with Gasteiger partial charge in [-0.05, 0) is 51.6 Å². The van der Waals surface area contributed by atoms with Gasteiger partial charge in [-0.1, -0.05) is 33.6 Å². The molecule has 2 nitrogen and oxygen atoms in total. The molecule has 108 valence electrons. The molecule has 0 heterocycles. The highest BCUT2D eigenvalue weighted by Gasteiger charge is 2.20. The molecule has 0 aliphatic heterocycles. The Bertz CT molecular complexity index is 203. The Labute approximate surface area is 115 Å². The van der Waals surface area contributed by atoms with Crippen LogP contribution < -0.4 is 5.32 Å². The summed E-state index contributed by atoms with van der Waals surface area (Å²) < 4.78 is 0. The Morgan fingerprint density at radius 3 is 2.44 bits per heavy atom. The molecule has 1 aliphatic carbocycles. The molecule has 0 spiro atoms. The van der Waals surface area contributed by atoms with E-state index in [1.165, 1.54) is 45.1 Å². The van der Waals surface area contributed by atoms with Gasteiger partial charge in [0, 0.05) is 18.6 Å². The predicted octanol–water partition coefficient (Wildman–Crippen LogP) is 3.52. The van der Waals surface area contributed by atoms with Crippen molar-refractivity contribution in [2.75, 3.05) is 20.6 Å². The molecule has 0 radical (unpaired) electrons. The van der Waals surface area contributed by atoms with Gasteiger partial charge in [0.25, 0.3) is 0 Å². The van der Waals surface area contributed by atoms with E-state index in [2.05, 4.69) is 45.1 Å². The van der Waals surface area contributed by atoms with Gasteiger partial charge in [0.2, 0.25) is 0 Å². The van der Waals surface area contributed by atoms with E-state index in [9.17, 15) is 0 Å². The summed E-state index contributed by atoms with van der Waals surface area (Å²) in [5.41, 5.74) is 0. The molecule has 0 aromatic carbocycles. The number of likely N-dealkylation sites (N-methyl/N-ethyl adjacent to an activating group) is 1. The molecular weight excluding hydrogens is 220 g/mol. The molecule has 0 bridgehead atoms. The fourth-order valence-electron chi connectivity index (χ4n) is 3.19. The zero-order valence-electron chi connectivity index (χ0n) is 13.2. The van der Waals surface area contributed by atoms with Crippen molar-refractivity contribution in [2.24, 2.45) is 11.8 Å². The average molecular weight is 254 g/mol. The number of nitrogens with one attached hydrogen (secondary N) is 1. The fourth-order valence-corrected chi connectivity index (χ4v) is 3.19. The lowest BCUT2D eigenvalue weighted by molar-refractivity contribution is 0.276. The van der Waals surface area contributed by atoms with Gasteiger partial charge in [-0.15, -0.1) is 0 Å². The Balaban J connectivity index is 2.42. The second kappa shape index (κ2) is 8.16. The van der Waals surface area contributed by atoms with Gasteiger partial charge in [0.15, 0.2) is 0 Å². The minimum atomic E-state index is 0.665. The highest BCUT2D eigenvalue weighted by molar-refractivity contribution is 4.80. The van der Waals surface area contributed by atoms with Crippen LogP contribution in [0, 0.1) is 11.8 Å². The van der Waals surface area contributed by atoms with E-state index in [1.807, 2.05) is 0 Å². The molecule has 3 unspecified atom stereocenters. The van der Waals surface area contributed by atoms with Gasteiger partial charge in [-0.25, -0.2) is 0 Å². The van der Waals surface area contributed by atoms with Crippen molar-refractivity contribution in [3.63, 3.8) is 0 Å². The Kier molecular flexibility index (Phi) is 7.25. The van der Waals surface area contributed by atoms with Crippen LogP contribution in [-0.4, -0.2) is 37.6 Å². The van der Waals surface area contributed by atoms with E-state index in [1.54, 1.807) is 0 Å². The molecule has 18 heavy (non-hydrogen) atoms. The zero-order chi connectivity index (χ0) is 13.5. The summed E-state index contributed by atoms with van der Waals surface area (Å²) in [7, 11) is 4.37. The molecule has 1 fully saturated rings. The minimum absolute atomic E-state index is 0.665. The Morgan fingerprint density at radius 1 is 1.11 bits per heavy atom. The minimum Gasteiger partial charge on any atom is -0.310 e. The predicted molar refractivity (Wildman–Crippen MR) is 81.0 cm³/mol.